The molecule has 1 heterocycles. The molecule has 1 aliphatic carbocycles. The third-order valence-electron chi connectivity index (χ3n) is 4.10. The molecule has 18 heavy (non-hydrogen) atoms. The van der Waals surface area contributed by atoms with Crippen molar-refractivity contribution in [3.63, 3.8) is 0 Å². The van der Waals surface area contributed by atoms with Gasteiger partial charge in [0.05, 0.1) is 0 Å². The predicted octanol–water partition coefficient (Wildman–Crippen LogP) is 4.02. The zero-order valence-electron chi connectivity index (χ0n) is 11.0. The van der Waals surface area contributed by atoms with Gasteiger partial charge in [-0.3, -0.25) is 0 Å². The van der Waals surface area contributed by atoms with Crippen LogP contribution in [0.3, 0.4) is 0 Å². The smallest absolute Gasteiger partial charge is 0.0348 e. The molecule has 0 amide bonds. The Morgan fingerprint density at radius 1 is 1.22 bits per heavy atom. The number of nitrogens with two attached hydrogens (primary N) is 1. The molecule has 2 N–H and O–H groups in total. The van der Waals surface area contributed by atoms with Gasteiger partial charge >= 0.3 is 0 Å². The summed E-state index contributed by atoms with van der Waals surface area (Å²) in [4.78, 5) is 1.38. The average molecular weight is 257 g/mol. The van der Waals surface area contributed by atoms with Gasteiger partial charge in [-0.2, -0.15) is 0 Å². The van der Waals surface area contributed by atoms with Crippen molar-refractivity contribution in [3.05, 3.63) is 46.3 Å². The first-order valence-corrected chi connectivity index (χ1v) is 7.39. The fourth-order valence-corrected chi connectivity index (χ4v) is 3.73. The summed E-state index contributed by atoms with van der Waals surface area (Å²) in [5.74, 6) is 0. The van der Waals surface area contributed by atoms with E-state index in [0.717, 1.165) is 6.54 Å². The quantitative estimate of drug-likeness (QED) is 0.883. The first-order chi connectivity index (χ1) is 8.64. The Balaban J connectivity index is 1.98. The second-order valence-corrected chi connectivity index (χ2v) is 6.41. The maximum atomic E-state index is 5.90. The summed E-state index contributed by atoms with van der Waals surface area (Å²) in [5, 5.41) is 2.30. The lowest BCUT2D eigenvalue weighted by atomic mass is 9.97. The molecule has 1 fully saturated rings. The highest BCUT2D eigenvalue weighted by atomic mass is 32.1. The summed E-state index contributed by atoms with van der Waals surface area (Å²) < 4.78 is 0. The second-order valence-electron chi connectivity index (χ2n) is 5.50. The van der Waals surface area contributed by atoms with Crippen LogP contribution in [-0.4, -0.2) is 6.54 Å². The van der Waals surface area contributed by atoms with E-state index in [2.05, 4.69) is 43.5 Å². The van der Waals surface area contributed by atoms with E-state index in [1.807, 2.05) is 11.3 Å². The van der Waals surface area contributed by atoms with Crippen molar-refractivity contribution >= 4 is 11.3 Å². The number of thiophene rings is 1. The van der Waals surface area contributed by atoms with E-state index in [9.17, 15) is 0 Å². The predicted molar refractivity (Wildman–Crippen MR) is 79.2 cm³/mol. The Morgan fingerprint density at radius 2 is 2.00 bits per heavy atom. The van der Waals surface area contributed by atoms with Crippen LogP contribution < -0.4 is 5.73 Å². The molecule has 0 saturated heterocycles. The molecule has 0 bridgehead atoms. The molecule has 0 aliphatic heterocycles. The molecular formula is C16H19NS. The van der Waals surface area contributed by atoms with Crippen molar-refractivity contribution in [2.24, 2.45) is 5.73 Å². The van der Waals surface area contributed by atoms with Crippen molar-refractivity contribution in [2.75, 3.05) is 6.54 Å². The summed E-state index contributed by atoms with van der Waals surface area (Å²) in [6.45, 7) is 5.12. The van der Waals surface area contributed by atoms with Crippen molar-refractivity contribution in [2.45, 2.75) is 32.1 Å². The Morgan fingerprint density at radius 3 is 2.61 bits per heavy atom. The standard InChI is InChI=1S/C16H19NS/c1-11-3-4-14(12(2)7-11)15-8-13(9-18-15)16(10-17)5-6-16/h3-4,7-9H,5-6,10,17H2,1-2H3. The molecule has 1 aromatic heterocycles. The van der Waals surface area contributed by atoms with Gasteiger partial charge in [0.1, 0.15) is 0 Å². The number of hydrogen-bond donors (Lipinski definition) is 1. The number of rotatable bonds is 3. The molecule has 1 aliphatic rings. The van der Waals surface area contributed by atoms with Crippen LogP contribution in [0.2, 0.25) is 0 Å². The minimum Gasteiger partial charge on any atom is -0.330 e. The van der Waals surface area contributed by atoms with Gasteiger partial charge in [0.15, 0.2) is 0 Å². The van der Waals surface area contributed by atoms with Crippen LogP contribution in [0.15, 0.2) is 29.6 Å². The van der Waals surface area contributed by atoms with E-state index in [1.54, 1.807) is 0 Å². The van der Waals surface area contributed by atoms with E-state index in [4.69, 9.17) is 5.73 Å². The van der Waals surface area contributed by atoms with Crippen LogP contribution >= 0.6 is 11.3 Å². The zero-order valence-corrected chi connectivity index (χ0v) is 11.8. The van der Waals surface area contributed by atoms with Crippen molar-refractivity contribution in [1.29, 1.82) is 0 Å². The molecule has 3 rings (SSSR count). The fraction of sp³-hybridized carbons (Fsp3) is 0.375. The summed E-state index contributed by atoms with van der Waals surface area (Å²) in [6.07, 6.45) is 2.51. The maximum Gasteiger partial charge on any atom is 0.0348 e. The number of hydrogen-bond acceptors (Lipinski definition) is 2. The number of aryl methyl sites for hydroxylation is 2. The molecule has 1 aromatic carbocycles. The molecule has 2 heteroatoms. The van der Waals surface area contributed by atoms with E-state index in [0.29, 0.717) is 5.41 Å². The molecule has 0 spiro atoms. The lowest BCUT2D eigenvalue weighted by Gasteiger charge is -2.09. The van der Waals surface area contributed by atoms with Gasteiger partial charge in [0, 0.05) is 16.8 Å². The highest BCUT2D eigenvalue weighted by molar-refractivity contribution is 7.13. The third-order valence-corrected chi connectivity index (χ3v) is 5.07. The first-order valence-electron chi connectivity index (χ1n) is 6.51. The Labute approximate surface area is 113 Å². The van der Waals surface area contributed by atoms with Gasteiger partial charge in [-0.15, -0.1) is 11.3 Å². The van der Waals surface area contributed by atoms with Crippen molar-refractivity contribution in [3.8, 4) is 10.4 Å². The normalized spacial score (nSPS) is 16.8. The first kappa shape index (κ1) is 11.9. The molecule has 1 nitrogen and oxygen atoms in total. The van der Waals surface area contributed by atoms with Gasteiger partial charge in [-0.25, -0.2) is 0 Å². The average Bonchev–Trinajstić information content (AvgIpc) is 3.00. The van der Waals surface area contributed by atoms with Gasteiger partial charge in [-0.05, 0) is 54.8 Å². The number of benzene rings is 1. The van der Waals surface area contributed by atoms with Gasteiger partial charge < -0.3 is 5.73 Å². The zero-order chi connectivity index (χ0) is 12.8. The van der Waals surface area contributed by atoms with Crippen LogP contribution in [0.1, 0.15) is 29.5 Å². The molecule has 0 atom stereocenters. The van der Waals surface area contributed by atoms with E-state index < -0.39 is 0 Å². The second kappa shape index (κ2) is 4.22. The van der Waals surface area contributed by atoms with Gasteiger partial charge in [-0.1, -0.05) is 23.8 Å². The highest BCUT2D eigenvalue weighted by Gasteiger charge is 2.43. The van der Waals surface area contributed by atoms with E-state index >= 15 is 0 Å². The summed E-state index contributed by atoms with van der Waals surface area (Å²) in [6, 6.07) is 9.03. The van der Waals surface area contributed by atoms with E-state index in [1.165, 1.54) is 40.0 Å². The molecule has 2 aromatic rings. The molecular weight excluding hydrogens is 238 g/mol. The monoisotopic (exact) mass is 257 g/mol. The summed E-state index contributed by atoms with van der Waals surface area (Å²) in [5.41, 5.74) is 11.7. The fourth-order valence-electron chi connectivity index (χ4n) is 2.61. The van der Waals surface area contributed by atoms with Crippen LogP contribution in [0, 0.1) is 13.8 Å². The molecule has 0 radical (unpaired) electrons. The van der Waals surface area contributed by atoms with Gasteiger partial charge in [0.25, 0.3) is 0 Å². The van der Waals surface area contributed by atoms with Crippen LogP contribution in [-0.2, 0) is 5.41 Å². The largest absolute Gasteiger partial charge is 0.330 e. The van der Waals surface area contributed by atoms with Crippen molar-refractivity contribution < 1.29 is 0 Å². The maximum absolute atomic E-state index is 5.90. The Bertz CT molecular complexity index is 579. The minimum atomic E-state index is 0.313. The topological polar surface area (TPSA) is 26.0 Å². The Hall–Kier alpha value is -1.12. The molecule has 94 valence electrons. The third kappa shape index (κ3) is 1.90. The summed E-state index contributed by atoms with van der Waals surface area (Å²) in [7, 11) is 0. The van der Waals surface area contributed by atoms with Gasteiger partial charge in [0.2, 0.25) is 0 Å². The Kier molecular flexibility index (Phi) is 2.80. The highest BCUT2D eigenvalue weighted by Crippen LogP contribution is 2.49. The van der Waals surface area contributed by atoms with Crippen LogP contribution in [0.4, 0.5) is 0 Å². The minimum absolute atomic E-state index is 0.313. The van der Waals surface area contributed by atoms with Crippen LogP contribution in [0.5, 0.6) is 0 Å². The van der Waals surface area contributed by atoms with E-state index in [-0.39, 0.29) is 0 Å². The molecule has 0 unspecified atom stereocenters. The van der Waals surface area contributed by atoms with Crippen LogP contribution in [0.25, 0.3) is 10.4 Å². The molecule has 1 saturated carbocycles. The van der Waals surface area contributed by atoms with Crippen molar-refractivity contribution in [1.82, 2.24) is 0 Å². The lowest BCUT2D eigenvalue weighted by molar-refractivity contribution is 0.708. The SMILES string of the molecule is Cc1ccc(-c2cc(C3(CN)CC3)cs2)c(C)c1. The lowest BCUT2D eigenvalue weighted by Crippen LogP contribution is -2.18. The summed E-state index contributed by atoms with van der Waals surface area (Å²) >= 11 is 1.85.